The van der Waals surface area contributed by atoms with Crippen LogP contribution in [0.4, 0.5) is 5.69 Å². The number of halogens is 2. The molecule has 0 aliphatic heterocycles. The molecule has 1 amide bonds. The van der Waals surface area contributed by atoms with Gasteiger partial charge >= 0.3 is 0 Å². The molecule has 0 saturated carbocycles. The topological polar surface area (TPSA) is 46.9 Å². The molecule has 4 nitrogen and oxygen atoms in total. The summed E-state index contributed by atoms with van der Waals surface area (Å²) in [6.45, 7) is 4.47. The zero-order valence-electron chi connectivity index (χ0n) is 15.0. The van der Waals surface area contributed by atoms with Crippen LogP contribution in [0.1, 0.15) is 22.5 Å². The van der Waals surface area contributed by atoms with Crippen molar-refractivity contribution in [2.24, 2.45) is 0 Å². The number of para-hydroxylation sites is 1. The summed E-state index contributed by atoms with van der Waals surface area (Å²) in [5, 5.41) is 8.56. The third-order valence-electron chi connectivity index (χ3n) is 4.25. The first kappa shape index (κ1) is 19.2. The molecule has 0 radical (unpaired) electrons. The Bertz CT molecular complexity index is 1010. The van der Waals surface area contributed by atoms with Gasteiger partial charge in [0.1, 0.15) is 0 Å². The second kappa shape index (κ2) is 8.42. The van der Waals surface area contributed by atoms with E-state index in [4.69, 9.17) is 23.2 Å². The van der Waals surface area contributed by atoms with Crippen molar-refractivity contribution in [2.45, 2.75) is 20.4 Å². The number of amides is 1. The van der Waals surface area contributed by atoms with Gasteiger partial charge in [-0.3, -0.25) is 9.48 Å². The highest BCUT2D eigenvalue weighted by Gasteiger charge is 2.11. The lowest BCUT2D eigenvalue weighted by molar-refractivity contribution is -0.111. The second-order valence-corrected chi connectivity index (χ2v) is 6.95. The first-order valence-corrected chi connectivity index (χ1v) is 9.22. The van der Waals surface area contributed by atoms with Crippen molar-refractivity contribution in [3.63, 3.8) is 0 Å². The normalized spacial score (nSPS) is 11.1. The molecule has 0 bridgehead atoms. The average molecular weight is 400 g/mol. The molecule has 0 fully saturated rings. The molecule has 0 saturated heterocycles. The summed E-state index contributed by atoms with van der Waals surface area (Å²) >= 11 is 12.3. The number of hydrogen-bond donors (Lipinski definition) is 1. The standard InChI is InChI=1S/C21H19Cl2N3O/c1-14-17(11-12-21(27)24-20-10-6-5-9-19(20)23)15(2)26(25-14)13-16-7-3-4-8-18(16)22/h3-12H,13H2,1-2H3,(H,24,27)/b12-11+. The molecule has 0 aliphatic rings. The maximum absolute atomic E-state index is 12.2. The molecule has 0 unspecified atom stereocenters. The van der Waals surface area contributed by atoms with Gasteiger partial charge in [0.15, 0.2) is 0 Å². The highest BCUT2D eigenvalue weighted by Crippen LogP contribution is 2.22. The molecule has 2 aromatic carbocycles. The van der Waals surface area contributed by atoms with Crippen LogP contribution in [0.5, 0.6) is 0 Å². The fourth-order valence-electron chi connectivity index (χ4n) is 2.79. The van der Waals surface area contributed by atoms with E-state index in [1.54, 1.807) is 18.2 Å². The lowest BCUT2D eigenvalue weighted by Crippen LogP contribution is -2.08. The van der Waals surface area contributed by atoms with Crippen LogP contribution < -0.4 is 5.32 Å². The molecule has 0 atom stereocenters. The number of anilines is 1. The fourth-order valence-corrected chi connectivity index (χ4v) is 3.17. The first-order chi connectivity index (χ1) is 13.0. The lowest BCUT2D eigenvalue weighted by atomic mass is 10.1. The Morgan fingerprint density at radius 2 is 1.74 bits per heavy atom. The number of rotatable bonds is 5. The van der Waals surface area contributed by atoms with Gasteiger partial charge in [0.25, 0.3) is 0 Å². The molecule has 1 heterocycles. The number of nitrogens with one attached hydrogen (secondary N) is 1. The summed E-state index contributed by atoms with van der Waals surface area (Å²) in [6.07, 6.45) is 3.26. The minimum atomic E-state index is -0.249. The number of nitrogens with zero attached hydrogens (tertiary/aromatic N) is 2. The van der Waals surface area contributed by atoms with Crippen LogP contribution in [-0.4, -0.2) is 15.7 Å². The number of aryl methyl sites for hydroxylation is 1. The Labute approximate surface area is 168 Å². The van der Waals surface area contributed by atoms with Gasteiger partial charge in [-0.2, -0.15) is 5.10 Å². The predicted molar refractivity (Wildman–Crippen MR) is 111 cm³/mol. The van der Waals surface area contributed by atoms with E-state index in [1.807, 2.05) is 54.9 Å². The van der Waals surface area contributed by atoms with Crippen LogP contribution >= 0.6 is 23.2 Å². The molecule has 3 aromatic rings. The van der Waals surface area contributed by atoms with Crippen LogP contribution in [0.25, 0.3) is 6.08 Å². The number of carbonyl (C=O) groups excluding carboxylic acids is 1. The third kappa shape index (κ3) is 4.59. The SMILES string of the molecule is Cc1nn(Cc2ccccc2Cl)c(C)c1/C=C/C(=O)Nc1ccccc1Cl. The Kier molecular flexibility index (Phi) is 5.99. The molecule has 0 aliphatic carbocycles. The van der Waals surface area contributed by atoms with Gasteiger partial charge in [-0.25, -0.2) is 0 Å². The van der Waals surface area contributed by atoms with E-state index >= 15 is 0 Å². The van der Waals surface area contributed by atoms with Crippen molar-refractivity contribution in [3.8, 4) is 0 Å². The van der Waals surface area contributed by atoms with Crippen molar-refractivity contribution in [1.29, 1.82) is 0 Å². The summed E-state index contributed by atoms with van der Waals surface area (Å²) in [6, 6.07) is 14.8. The van der Waals surface area contributed by atoms with E-state index in [2.05, 4.69) is 10.4 Å². The Morgan fingerprint density at radius 3 is 2.44 bits per heavy atom. The molecular formula is C21H19Cl2N3O. The first-order valence-electron chi connectivity index (χ1n) is 8.46. The van der Waals surface area contributed by atoms with Gasteiger partial charge in [-0.15, -0.1) is 0 Å². The third-order valence-corrected chi connectivity index (χ3v) is 4.95. The molecule has 6 heteroatoms. The van der Waals surface area contributed by atoms with Gasteiger partial charge in [0, 0.05) is 22.4 Å². The molecule has 1 aromatic heterocycles. The number of carbonyl (C=O) groups is 1. The zero-order chi connectivity index (χ0) is 19.4. The van der Waals surface area contributed by atoms with E-state index in [-0.39, 0.29) is 5.91 Å². The summed E-state index contributed by atoms with van der Waals surface area (Å²) < 4.78 is 1.89. The molecule has 138 valence electrons. The van der Waals surface area contributed by atoms with Crippen molar-refractivity contribution in [3.05, 3.63) is 87.2 Å². The van der Waals surface area contributed by atoms with E-state index in [0.717, 1.165) is 22.5 Å². The summed E-state index contributed by atoms with van der Waals surface area (Å²) in [7, 11) is 0. The van der Waals surface area contributed by atoms with Crippen molar-refractivity contribution < 1.29 is 4.79 Å². The van der Waals surface area contributed by atoms with Gasteiger partial charge in [0.05, 0.1) is 22.9 Å². The van der Waals surface area contributed by atoms with Gasteiger partial charge in [-0.1, -0.05) is 53.5 Å². The predicted octanol–water partition coefficient (Wildman–Crippen LogP) is 5.51. The van der Waals surface area contributed by atoms with E-state index in [1.165, 1.54) is 6.08 Å². The summed E-state index contributed by atoms with van der Waals surface area (Å²) in [5.41, 5.74) is 4.31. The molecule has 3 rings (SSSR count). The molecule has 0 spiro atoms. The van der Waals surface area contributed by atoms with E-state index < -0.39 is 0 Å². The monoisotopic (exact) mass is 399 g/mol. The van der Waals surface area contributed by atoms with E-state index in [9.17, 15) is 4.79 Å². The second-order valence-electron chi connectivity index (χ2n) is 6.14. The average Bonchev–Trinajstić information content (AvgIpc) is 2.90. The van der Waals surface area contributed by atoms with Gasteiger partial charge < -0.3 is 5.32 Å². The minimum absolute atomic E-state index is 0.249. The smallest absolute Gasteiger partial charge is 0.248 e. The summed E-state index contributed by atoms with van der Waals surface area (Å²) in [5.74, 6) is -0.249. The number of hydrogen-bond acceptors (Lipinski definition) is 2. The van der Waals surface area contributed by atoms with Gasteiger partial charge in [-0.05, 0) is 43.7 Å². The van der Waals surface area contributed by atoms with Crippen LogP contribution in [0.15, 0.2) is 54.6 Å². The van der Waals surface area contributed by atoms with Crippen LogP contribution in [0.2, 0.25) is 10.0 Å². The zero-order valence-corrected chi connectivity index (χ0v) is 16.6. The van der Waals surface area contributed by atoms with Crippen LogP contribution in [0, 0.1) is 13.8 Å². The lowest BCUT2D eigenvalue weighted by Gasteiger charge is -2.06. The van der Waals surface area contributed by atoms with Crippen LogP contribution in [-0.2, 0) is 11.3 Å². The Hall–Kier alpha value is -2.56. The van der Waals surface area contributed by atoms with Gasteiger partial charge in [0.2, 0.25) is 5.91 Å². The van der Waals surface area contributed by atoms with Crippen molar-refractivity contribution >= 4 is 40.9 Å². The molecular weight excluding hydrogens is 381 g/mol. The maximum Gasteiger partial charge on any atom is 0.248 e. The van der Waals surface area contributed by atoms with Crippen molar-refractivity contribution in [2.75, 3.05) is 5.32 Å². The Morgan fingerprint density at radius 1 is 1.07 bits per heavy atom. The minimum Gasteiger partial charge on any atom is -0.321 e. The number of aromatic nitrogens is 2. The van der Waals surface area contributed by atoms with Crippen LogP contribution in [0.3, 0.4) is 0 Å². The van der Waals surface area contributed by atoms with Crippen molar-refractivity contribution in [1.82, 2.24) is 9.78 Å². The van der Waals surface area contributed by atoms with E-state index in [0.29, 0.717) is 22.3 Å². The molecule has 1 N–H and O–H groups in total. The highest BCUT2D eigenvalue weighted by atomic mass is 35.5. The molecule has 27 heavy (non-hydrogen) atoms. The largest absolute Gasteiger partial charge is 0.321 e. The maximum atomic E-state index is 12.2. The fraction of sp³-hybridized carbons (Fsp3) is 0.143. The highest BCUT2D eigenvalue weighted by molar-refractivity contribution is 6.33. The quantitative estimate of drug-likeness (QED) is 0.575. The summed E-state index contributed by atoms with van der Waals surface area (Å²) in [4.78, 5) is 12.2. The number of benzene rings is 2. The Balaban J connectivity index is 1.76.